The lowest BCUT2D eigenvalue weighted by molar-refractivity contribution is -0.130. The van der Waals surface area contributed by atoms with Crippen LogP contribution in [0.2, 0.25) is 0 Å². The van der Waals surface area contributed by atoms with Crippen LogP contribution in [-0.2, 0) is 21.4 Å². The van der Waals surface area contributed by atoms with Crippen LogP contribution in [0.3, 0.4) is 0 Å². The zero-order valence-electron chi connectivity index (χ0n) is 16.5. The highest BCUT2D eigenvalue weighted by molar-refractivity contribution is 7.98. The van der Waals surface area contributed by atoms with Crippen molar-refractivity contribution in [3.63, 3.8) is 0 Å². The van der Waals surface area contributed by atoms with E-state index in [0.717, 1.165) is 16.3 Å². The van der Waals surface area contributed by atoms with Crippen molar-refractivity contribution in [2.75, 3.05) is 19.8 Å². The lowest BCUT2D eigenvalue weighted by Crippen LogP contribution is -2.31. The van der Waals surface area contributed by atoms with Crippen molar-refractivity contribution >= 4 is 38.5 Å². The molecule has 3 rings (SSSR count). The van der Waals surface area contributed by atoms with Gasteiger partial charge in [-0.2, -0.15) is 0 Å². The normalized spacial score (nSPS) is 11.5. The van der Waals surface area contributed by atoms with Crippen molar-refractivity contribution in [3.8, 4) is 0 Å². The van der Waals surface area contributed by atoms with Gasteiger partial charge in [-0.1, -0.05) is 42.5 Å². The maximum absolute atomic E-state index is 12.5. The minimum Gasteiger partial charge on any atom is -0.341 e. The third-order valence-electron chi connectivity index (χ3n) is 4.67. The fourth-order valence-corrected chi connectivity index (χ4v) is 4.47. The SMILES string of the molecule is CSc1ccc(CN(C)C(=O)CCNS(=O)(=O)c2ccc3ccccc3c2)cc1. The molecule has 0 radical (unpaired) electrons. The van der Waals surface area contributed by atoms with Gasteiger partial charge >= 0.3 is 0 Å². The number of nitrogens with zero attached hydrogens (tertiary/aromatic N) is 1. The predicted molar refractivity (Wildman–Crippen MR) is 118 cm³/mol. The highest BCUT2D eigenvalue weighted by Crippen LogP contribution is 2.19. The molecule has 1 amide bonds. The molecule has 0 unspecified atom stereocenters. The van der Waals surface area contributed by atoms with Gasteiger partial charge in [0.25, 0.3) is 0 Å². The number of carbonyl (C=O) groups is 1. The number of rotatable bonds is 8. The Labute approximate surface area is 176 Å². The molecule has 0 aliphatic carbocycles. The van der Waals surface area contributed by atoms with Crippen molar-refractivity contribution < 1.29 is 13.2 Å². The van der Waals surface area contributed by atoms with E-state index in [1.54, 1.807) is 41.9 Å². The van der Waals surface area contributed by atoms with Crippen LogP contribution in [0.25, 0.3) is 10.8 Å². The van der Waals surface area contributed by atoms with Crippen LogP contribution < -0.4 is 4.72 Å². The third-order valence-corrected chi connectivity index (χ3v) is 6.87. The Bertz CT molecular complexity index is 1100. The number of thioether (sulfide) groups is 1. The van der Waals surface area contributed by atoms with Crippen LogP contribution in [-0.4, -0.2) is 39.1 Å². The van der Waals surface area contributed by atoms with Gasteiger partial charge in [-0.3, -0.25) is 4.79 Å². The van der Waals surface area contributed by atoms with Crippen LogP contribution in [0.5, 0.6) is 0 Å². The maximum atomic E-state index is 12.5. The van der Waals surface area contributed by atoms with E-state index < -0.39 is 10.0 Å². The van der Waals surface area contributed by atoms with Gasteiger partial charge in [0, 0.05) is 31.5 Å². The van der Waals surface area contributed by atoms with Gasteiger partial charge < -0.3 is 4.90 Å². The van der Waals surface area contributed by atoms with Gasteiger partial charge in [0.1, 0.15) is 0 Å². The summed E-state index contributed by atoms with van der Waals surface area (Å²) in [5, 5.41) is 1.84. The summed E-state index contributed by atoms with van der Waals surface area (Å²) < 4.78 is 27.6. The molecule has 3 aromatic rings. The number of hydrogen-bond donors (Lipinski definition) is 1. The molecule has 7 heteroatoms. The molecule has 3 aromatic carbocycles. The Kier molecular flexibility index (Phi) is 6.95. The quantitative estimate of drug-likeness (QED) is 0.553. The molecule has 0 spiro atoms. The lowest BCUT2D eigenvalue weighted by Gasteiger charge is -2.17. The molecular weight excluding hydrogens is 404 g/mol. The summed E-state index contributed by atoms with van der Waals surface area (Å²) in [5.41, 5.74) is 1.04. The second-order valence-electron chi connectivity index (χ2n) is 6.75. The fourth-order valence-electron chi connectivity index (χ4n) is 2.99. The smallest absolute Gasteiger partial charge is 0.240 e. The second kappa shape index (κ2) is 9.43. The Morgan fingerprint density at radius 2 is 1.69 bits per heavy atom. The second-order valence-corrected chi connectivity index (χ2v) is 9.40. The first-order chi connectivity index (χ1) is 13.9. The Morgan fingerprint density at radius 3 is 2.38 bits per heavy atom. The molecule has 0 aliphatic rings. The molecule has 29 heavy (non-hydrogen) atoms. The van der Waals surface area contributed by atoms with Crippen molar-refractivity contribution in [2.45, 2.75) is 22.8 Å². The van der Waals surface area contributed by atoms with E-state index >= 15 is 0 Å². The number of amides is 1. The first-order valence-corrected chi connectivity index (χ1v) is 12.0. The minimum atomic E-state index is -3.66. The van der Waals surface area contributed by atoms with E-state index in [0.29, 0.717) is 6.54 Å². The van der Waals surface area contributed by atoms with Crippen LogP contribution in [0.15, 0.2) is 76.5 Å². The van der Waals surface area contributed by atoms with E-state index in [-0.39, 0.29) is 23.8 Å². The topological polar surface area (TPSA) is 66.5 Å². The maximum Gasteiger partial charge on any atom is 0.240 e. The molecular formula is C22H24N2O3S2. The third kappa shape index (κ3) is 5.59. The largest absolute Gasteiger partial charge is 0.341 e. The van der Waals surface area contributed by atoms with Crippen molar-refractivity contribution in [2.24, 2.45) is 0 Å². The predicted octanol–water partition coefficient (Wildman–Crippen LogP) is 3.89. The summed E-state index contributed by atoms with van der Waals surface area (Å²) in [6.45, 7) is 0.550. The molecule has 152 valence electrons. The molecule has 0 heterocycles. The van der Waals surface area contributed by atoms with Gasteiger partial charge in [-0.15, -0.1) is 11.8 Å². The molecule has 0 atom stereocenters. The Morgan fingerprint density at radius 1 is 1.00 bits per heavy atom. The number of nitrogens with one attached hydrogen (secondary N) is 1. The Balaban J connectivity index is 1.54. The van der Waals surface area contributed by atoms with Crippen LogP contribution in [0.1, 0.15) is 12.0 Å². The first kappa shape index (κ1) is 21.4. The summed E-state index contributed by atoms with van der Waals surface area (Å²) in [5.74, 6) is -0.111. The minimum absolute atomic E-state index is 0.0593. The molecule has 0 saturated carbocycles. The van der Waals surface area contributed by atoms with E-state index in [2.05, 4.69) is 4.72 Å². The number of sulfonamides is 1. The average Bonchev–Trinajstić information content (AvgIpc) is 2.73. The molecule has 0 aromatic heterocycles. The van der Waals surface area contributed by atoms with E-state index in [4.69, 9.17) is 0 Å². The van der Waals surface area contributed by atoms with E-state index in [1.807, 2.05) is 54.8 Å². The van der Waals surface area contributed by atoms with Crippen LogP contribution in [0.4, 0.5) is 0 Å². The molecule has 1 N–H and O–H groups in total. The average molecular weight is 429 g/mol. The van der Waals surface area contributed by atoms with Crippen molar-refractivity contribution in [3.05, 3.63) is 72.3 Å². The zero-order chi connectivity index (χ0) is 20.9. The molecule has 0 bridgehead atoms. The lowest BCUT2D eigenvalue weighted by atomic mass is 10.1. The van der Waals surface area contributed by atoms with Gasteiger partial charge in [-0.05, 0) is 46.9 Å². The molecule has 0 saturated heterocycles. The van der Waals surface area contributed by atoms with Gasteiger partial charge in [0.05, 0.1) is 4.90 Å². The van der Waals surface area contributed by atoms with Crippen LogP contribution >= 0.6 is 11.8 Å². The monoisotopic (exact) mass is 428 g/mol. The number of hydrogen-bond acceptors (Lipinski definition) is 4. The van der Waals surface area contributed by atoms with Gasteiger partial charge in [-0.25, -0.2) is 13.1 Å². The standard InChI is InChI=1S/C22H24N2O3S2/c1-24(16-17-7-10-20(28-2)11-8-17)22(25)13-14-23-29(26,27)21-12-9-18-5-3-4-6-19(18)15-21/h3-12,15,23H,13-14,16H2,1-2H3. The molecule has 0 fully saturated rings. The van der Waals surface area contributed by atoms with Crippen LogP contribution in [0, 0.1) is 0 Å². The fraction of sp³-hybridized carbons (Fsp3) is 0.227. The summed E-state index contributed by atoms with van der Waals surface area (Å²) in [6, 6.07) is 20.6. The summed E-state index contributed by atoms with van der Waals surface area (Å²) in [4.78, 5) is 15.3. The van der Waals surface area contributed by atoms with E-state index in [9.17, 15) is 13.2 Å². The summed E-state index contributed by atoms with van der Waals surface area (Å²) in [6.07, 6.45) is 2.12. The van der Waals surface area contributed by atoms with Crippen molar-refractivity contribution in [1.82, 2.24) is 9.62 Å². The Hall–Kier alpha value is -2.35. The molecule has 0 aliphatic heterocycles. The first-order valence-electron chi connectivity index (χ1n) is 9.24. The van der Waals surface area contributed by atoms with E-state index in [1.165, 1.54) is 4.90 Å². The van der Waals surface area contributed by atoms with Crippen molar-refractivity contribution in [1.29, 1.82) is 0 Å². The number of benzene rings is 3. The highest BCUT2D eigenvalue weighted by atomic mass is 32.2. The zero-order valence-corrected chi connectivity index (χ0v) is 18.1. The highest BCUT2D eigenvalue weighted by Gasteiger charge is 2.16. The summed E-state index contributed by atoms with van der Waals surface area (Å²) in [7, 11) is -1.94. The summed E-state index contributed by atoms with van der Waals surface area (Å²) >= 11 is 1.67. The van der Waals surface area contributed by atoms with Gasteiger partial charge in [0.15, 0.2) is 0 Å². The number of fused-ring (bicyclic) bond motifs is 1. The van der Waals surface area contributed by atoms with Gasteiger partial charge in [0.2, 0.25) is 15.9 Å². The molecule has 5 nitrogen and oxygen atoms in total. The number of carbonyl (C=O) groups excluding carboxylic acids is 1.